The van der Waals surface area contributed by atoms with Crippen LogP contribution in [0.3, 0.4) is 0 Å². The Kier molecular flexibility index (Phi) is 2.35. The number of benzene rings is 1. The number of hydrogen-bond acceptors (Lipinski definition) is 5. The third-order valence-corrected chi connectivity index (χ3v) is 2.12. The molecular formula is C10H14O5. The Morgan fingerprint density at radius 1 is 0.600 bits per heavy atom. The van der Waals surface area contributed by atoms with Gasteiger partial charge < -0.3 is 25.5 Å². The molecule has 0 aliphatic rings. The van der Waals surface area contributed by atoms with Crippen molar-refractivity contribution >= 4 is 0 Å². The second-order valence-corrected chi connectivity index (χ2v) is 4.37. The molecule has 0 aliphatic carbocycles. The summed E-state index contributed by atoms with van der Waals surface area (Å²) < 4.78 is 0. The van der Waals surface area contributed by atoms with Crippen LogP contribution < -0.4 is 0 Å². The van der Waals surface area contributed by atoms with Gasteiger partial charge in [-0.05, 0) is 5.41 Å². The summed E-state index contributed by atoms with van der Waals surface area (Å²) in [6.07, 6.45) is 0. The normalized spacial score (nSPS) is 11.7. The molecule has 1 aromatic rings. The average molecular weight is 214 g/mol. The van der Waals surface area contributed by atoms with Crippen molar-refractivity contribution < 1.29 is 25.5 Å². The molecule has 0 saturated heterocycles. The van der Waals surface area contributed by atoms with Crippen molar-refractivity contribution in [3.8, 4) is 28.7 Å². The molecule has 0 radical (unpaired) electrons. The molecule has 0 bridgehead atoms. The minimum atomic E-state index is -0.932. The van der Waals surface area contributed by atoms with Gasteiger partial charge in [-0.15, -0.1) is 0 Å². The molecular weight excluding hydrogens is 200 g/mol. The van der Waals surface area contributed by atoms with Gasteiger partial charge in [-0.1, -0.05) is 20.8 Å². The van der Waals surface area contributed by atoms with E-state index in [1.54, 1.807) is 20.8 Å². The summed E-state index contributed by atoms with van der Waals surface area (Å²) in [5.74, 6) is -3.87. The predicted octanol–water partition coefficient (Wildman–Crippen LogP) is 1.51. The molecule has 0 atom stereocenters. The quantitative estimate of drug-likeness (QED) is 0.333. The molecule has 0 aromatic heterocycles. The molecule has 0 aliphatic heterocycles. The van der Waals surface area contributed by atoms with Crippen LogP contribution in [0.5, 0.6) is 28.7 Å². The Hall–Kier alpha value is -1.78. The lowest BCUT2D eigenvalue weighted by Gasteiger charge is -2.23. The highest BCUT2D eigenvalue weighted by Gasteiger charge is 2.30. The fourth-order valence-electron chi connectivity index (χ4n) is 1.40. The molecule has 0 amide bonds. The Morgan fingerprint density at radius 3 is 1.13 bits per heavy atom. The smallest absolute Gasteiger partial charge is 0.208 e. The van der Waals surface area contributed by atoms with Gasteiger partial charge >= 0.3 is 0 Å². The van der Waals surface area contributed by atoms with Crippen LogP contribution in [0.1, 0.15) is 26.3 Å². The van der Waals surface area contributed by atoms with Crippen LogP contribution in [0.4, 0.5) is 0 Å². The largest absolute Gasteiger partial charge is 0.504 e. The van der Waals surface area contributed by atoms with E-state index < -0.39 is 34.2 Å². The van der Waals surface area contributed by atoms with E-state index in [1.165, 1.54) is 0 Å². The Bertz CT molecular complexity index is 374. The Balaban J connectivity index is 3.68. The molecule has 5 heteroatoms. The Morgan fingerprint density at radius 2 is 0.867 bits per heavy atom. The van der Waals surface area contributed by atoms with E-state index >= 15 is 0 Å². The van der Waals surface area contributed by atoms with E-state index in [1.807, 2.05) is 0 Å². The molecule has 0 spiro atoms. The summed E-state index contributed by atoms with van der Waals surface area (Å²) in [6.45, 7) is 5.03. The third-order valence-electron chi connectivity index (χ3n) is 2.12. The van der Waals surface area contributed by atoms with Crippen LogP contribution in [-0.4, -0.2) is 25.5 Å². The first-order valence-corrected chi connectivity index (χ1v) is 4.37. The van der Waals surface area contributed by atoms with Crippen LogP contribution >= 0.6 is 0 Å². The van der Waals surface area contributed by atoms with Crippen molar-refractivity contribution in [3.63, 3.8) is 0 Å². The summed E-state index contributed by atoms with van der Waals surface area (Å²) in [7, 11) is 0. The van der Waals surface area contributed by atoms with Gasteiger partial charge in [0.15, 0.2) is 11.5 Å². The second-order valence-electron chi connectivity index (χ2n) is 4.37. The molecule has 1 rings (SSSR count). The van der Waals surface area contributed by atoms with E-state index in [0.717, 1.165) is 0 Å². The summed E-state index contributed by atoms with van der Waals surface area (Å²) in [6, 6.07) is 0. The van der Waals surface area contributed by atoms with E-state index in [0.29, 0.717) is 0 Å². The molecule has 0 unspecified atom stereocenters. The maximum Gasteiger partial charge on any atom is 0.208 e. The van der Waals surface area contributed by atoms with Gasteiger partial charge in [0, 0.05) is 5.56 Å². The average Bonchev–Trinajstić information content (AvgIpc) is 2.09. The van der Waals surface area contributed by atoms with Crippen molar-refractivity contribution in [2.24, 2.45) is 0 Å². The molecule has 0 fully saturated rings. The maximum atomic E-state index is 9.54. The zero-order valence-corrected chi connectivity index (χ0v) is 8.74. The van der Waals surface area contributed by atoms with E-state index in [9.17, 15) is 20.4 Å². The number of hydrogen-bond donors (Lipinski definition) is 5. The van der Waals surface area contributed by atoms with Crippen LogP contribution in [-0.2, 0) is 5.41 Å². The van der Waals surface area contributed by atoms with E-state index in [-0.39, 0.29) is 5.56 Å². The SMILES string of the molecule is CC(C)(C)c1c(O)c(O)c(O)c(O)c1O. The van der Waals surface area contributed by atoms with Gasteiger partial charge in [-0.2, -0.15) is 0 Å². The van der Waals surface area contributed by atoms with Gasteiger partial charge in [-0.25, -0.2) is 0 Å². The lowest BCUT2D eigenvalue weighted by atomic mass is 9.85. The van der Waals surface area contributed by atoms with Gasteiger partial charge in [0.05, 0.1) is 0 Å². The number of aromatic hydroxyl groups is 5. The molecule has 1 aromatic carbocycles. The van der Waals surface area contributed by atoms with Gasteiger partial charge in [0.25, 0.3) is 0 Å². The Labute approximate surface area is 86.9 Å². The summed E-state index contributed by atoms with van der Waals surface area (Å²) >= 11 is 0. The second kappa shape index (κ2) is 3.12. The molecule has 15 heavy (non-hydrogen) atoms. The van der Waals surface area contributed by atoms with Crippen molar-refractivity contribution in [2.75, 3.05) is 0 Å². The molecule has 84 valence electrons. The third kappa shape index (κ3) is 1.60. The minimum absolute atomic E-state index is 0.0182. The van der Waals surface area contributed by atoms with Crippen molar-refractivity contribution in [1.29, 1.82) is 0 Å². The first-order chi connectivity index (χ1) is 6.68. The maximum absolute atomic E-state index is 9.54. The standard InChI is InChI=1S/C10H14O5/c1-10(2,3)4-5(11)7(13)9(15)8(14)6(4)12/h11-15H,1-3H3. The molecule has 5 nitrogen and oxygen atoms in total. The predicted molar refractivity (Wildman–Crippen MR) is 53.5 cm³/mol. The summed E-state index contributed by atoms with van der Waals surface area (Å²) in [5, 5.41) is 46.8. The van der Waals surface area contributed by atoms with E-state index in [4.69, 9.17) is 5.11 Å². The highest BCUT2D eigenvalue weighted by Crippen LogP contribution is 2.54. The fraction of sp³-hybridized carbons (Fsp3) is 0.400. The van der Waals surface area contributed by atoms with Crippen molar-refractivity contribution in [3.05, 3.63) is 5.56 Å². The highest BCUT2D eigenvalue weighted by atomic mass is 16.4. The highest BCUT2D eigenvalue weighted by molar-refractivity contribution is 5.68. The lowest BCUT2D eigenvalue weighted by Crippen LogP contribution is -2.11. The fourth-order valence-corrected chi connectivity index (χ4v) is 1.40. The topological polar surface area (TPSA) is 101 Å². The summed E-state index contributed by atoms with van der Waals surface area (Å²) in [4.78, 5) is 0. The van der Waals surface area contributed by atoms with Gasteiger partial charge in [0.2, 0.25) is 17.2 Å². The zero-order chi connectivity index (χ0) is 12.0. The number of phenols is 5. The lowest BCUT2D eigenvalue weighted by molar-refractivity contribution is 0.316. The van der Waals surface area contributed by atoms with Crippen molar-refractivity contribution in [2.45, 2.75) is 26.2 Å². The molecule has 0 saturated carbocycles. The summed E-state index contributed by atoms with van der Waals surface area (Å²) in [5.41, 5.74) is -0.702. The van der Waals surface area contributed by atoms with Crippen LogP contribution in [0, 0.1) is 0 Å². The first-order valence-electron chi connectivity index (χ1n) is 4.37. The zero-order valence-electron chi connectivity index (χ0n) is 8.74. The van der Waals surface area contributed by atoms with Gasteiger partial charge in [-0.3, -0.25) is 0 Å². The molecule has 5 N–H and O–H groups in total. The number of rotatable bonds is 0. The minimum Gasteiger partial charge on any atom is -0.504 e. The monoisotopic (exact) mass is 214 g/mol. The van der Waals surface area contributed by atoms with Gasteiger partial charge in [0.1, 0.15) is 0 Å². The van der Waals surface area contributed by atoms with Crippen LogP contribution in [0.15, 0.2) is 0 Å². The molecule has 0 heterocycles. The van der Waals surface area contributed by atoms with Crippen LogP contribution in [0.25, 0.3) is 0 Å². The van der Waals surface area contributed by atoms with E-state index in [2.05, 4.69) is 0 Å². The van der Waals surface area contributed by atoms with Crippen molar-refractivity contribution in [1.82, 2.24) is 0 Å². The number of phenolic OH excluding ortho intramolecular Hbond substituents is 5. The van der Waals surface area contributed by atoms with Crippen LogP contribution in [0.2, 0.25) is 0 Å². The first kappa shape index (κ1) is 11.3.